The molecule has 3 rings (SSSR count). The molecule has 1 aliphatic carbocycles. The number of anilines is 1. The van der Waals surface area contributed by atoms with Crippen LogP contribution < -0.4 is 5.32 Å². The Balaban J connectivity index is 1.84. The molecule has 108 valence electrons. The van der Waals surface area contributed by atoms with E-state index in [4.69, 9.17) is 16.7 Å². The number of benzene rings is 1. The maximum Gasteiger partial charge on any atom is 0.307 e. The van der Waals surface area contributed by atoms with Gasteiger partial charge in [0.25, 0.3) is 0 Å². The number of carbonyl (C=O) groups is 2. The standard InChI is InChI=1S/C13H11ClN4O3/c14-7-1-2-11(18-6-15-5-16-18)10(3-7)17-12(19)8-4-9(8)13(20)21/h1-3,5-6,8-9H,4H2,(H,17,19)(H,20,21). The topological polar surface area (TPSA) is 97.1 Å². The molecule has 1 amide bonds. The number of aliphatic carboxylic acids is 1. The second-order valence-corrected chi connectivity index (χ2v) is 5.21. The number of carbonyl (C=O) groups excluding carboxylic acids is 1. The summed E-state index contributed by atoms with van der Waals surface area (Å²) < 4.78 is 1.49. The molecule has 1 fully saturated rings. The lowest BCUT2D eigenvalue weighted by atomic mass is 10.2. The molecule has 7 nitrogen and oxygen atoms in total. The zero-order valence-corrected chi connectivity index (χ0v) is 11.5. The summed E-state index contributed by atoms with van der Waals surface area (Å²) in [6, 6.07) is 4.97. The van der Waals surface area contributed by atoms with Gasteiger partial charge in [-0.15, -0.1) is 0 Å². The highest BCUT2D eigenvalue weighted by Crippen LogP contribution is 2.39. The maximum atomic E-state index is 12.1. The summed E-state index contributed by atoms with van der Waals surface area (Å²) in [6.45, 7) is 0. The van der Waals surface area contributed by atoms with Crippen LogP contribution in [-0.2, 0) is 9.59 Å². The number of carboxylic acids is 1. The molecule has 1 saturated carbocycles. The molecule has 1 aromatic heterocycles. The average molecular weight is 307 g/mol. The number of hydrogen-bond acceptors (Lipinski definition) is 4. The molecular formula is C13H11ClN4O3. The van der Waals surface area contributed by atoms with Crippen LogP contribution in [0.15, 0.2) is 30.9 Å². The first-order chi connectivity index (χ1) is 10.1. The molecule has 21 heavy (non-hydrogen) atoms. The highest BCUT2D eigenvalue weighted by Gasteiger charge is 2.48. The number of nitrogens with zero attached hydrogens (tertiary/aromatic N) is 3. The van der Waals surface area contributed by atoms with E-state index in [9.17, 15) is 9.59 Å². The Morgan fingerprint density at radius 2 is 2.19 bits per heavy atom. The fourth-order valence-corrected chi connectivity index (χ4v) is 2.30. The Labute approximate surface area is 124 Å². The lowest BCUT2D eigenvalue weighted by molar-refractivity contribution is -0.139. The molecule has 1 aliphatic rings. The minimum atomic E-state index is -0.947. The molecule has 0 saturated heterocycles. The van der Waals surface area contributed by atoms with Crippen LogP contribution in [0.2, 0.25) is 5.02 Å². The quantitative estimate of drug-likeness (QED) is 0.894. The van der Waals surface area contributed by atoms with Crippen molar-refractivity contribution in [3.63, 3.8) is 0 Å². The van der Waals surface area contributed by atoms with Gasteiger partial charge in [0.15, 0.2) is 0 Å². The number of aromatic nitrogens is 3. The monoisotopic (exact) mass is 306 g/mol. The van der Waals surface area contributed by atoms with Crippen molar-refractivity contribution in [1.29, 1.82) is 0 Å². The van der Waals surface area contributed by atoms with Crippen LogP contribution in [0.25, 0.3) is 5.69 Å². The smallest absolute Gasteiger partial charge is 0.307 e. The van der Waals surface area contributed by atoms with Gasteiger partial charge in [0.05, 0.1) is 23.2 Å². The molecule has 2 aromatic rings. The minimum absolute atomic E-state index is 0.328. The first-order valence-electron chi connectivity index (χ1n) is 6.24. The summed E-state index contributed by atoms with van der Waals surface area (Å²) in [5.74, 6) is -2.37. The van der Waals surface area contributed by atoms with Gasteiger partial charge in [0, 0.05) is 5.02 Å². The van der Waals surface area contributed by atoms with Gasteiger partial charge in [0.2, 0.25) is 5.91 Å². The summed E-state index contributed by atoms with van der Waals surface area (Å²) in [7, 11) is 0. The summed E-state index contributed by atoms with van der Waals surface area (Å²) in [5.41, 5.74) is 1.08. The molecule has 2 atom stereocenters. The van der Waals surface area contributed by atoms with E-state index in [1.807, 2.05) is 0 Å². The number of nitrogens with one attached hydrogen (secondary N) is 1. The van der Waals surface area contributed by atoms with Crippen LogP contribution in [0.5, 0.6) is 0 Å². The third-order valence-corrected chi connectivity index (χ3v) is 3.56. The summed E-state index contributed by atoms with van der Waals surface area (Å²) in [4.78, 5) is 26.7. The minimum Gasteiger partial charge on any atom is -0.481 e. The van der Waals surface area contributed by atoms with Crippen LogP contribution in [0.4, 0.5) is 5.69 Å². The van der Waals surface area contributed by atoms with Crippen LogP contribution in [0, 0.1) is 11.8 Å². The molecule has 0 radical (unpaired) electrons. The van der Waals surface area contributed by atoms with E-state index in [1.165, 1.54) is 17.3 Å². The van der Waals surface area contributed by atoms with Gasteiger partial charge in [-0.25, -0.2) is 9.67 Å². The van der Waals surface area contributed by atoms with Gasteiger partial charge < -0.3 is 10.4 Å². The molecule has 0 bridgehead atoms. The highest BCUT2D eigenvalue weighted by atomic mass is 35.5. The summed E-state index contributed by atoms with van der Waals surface area (Å²) in [6.07, 6.45) is 3.23. The molecule has 0 spiro atoms. The van der Waals surface area contributed by atoms with Gasteiger partial charge in [0.1, 0.15) is 12.7 Å². The van der Waals surface area contributed by atoms with Crippen molar-refractivity contribution in [2.75, 3.05) is 5.32 Å². The number of hydrogen-bond donors (Lipinski definition) is 2. The Morgan fingerprint density at radius 1 is 1.38 bits per heavy atom. The Morgan fingerprint density at radius 3 is 2.81 bits per heavy atom. The molecule has 8 heteroatoms. The van der Waals surface area contributed by atoms with Crippen molar-refractivity contribution < 1.29 is 14.7 Å². The Hall–Kier alpha value is -2.41. The lowest BCUT2D eigenvalue weighted by Gasteiger charge is -2.11. The van der Waals surface area contributed by atoms with Crippen molar-refractivity contribution in [3.05, 3.63) is 35.9 Å². The van der Waals surface area contributed by atoms with E-state index in [2.05, 4.69) is 15.4 Å². The van der Waals surface area contributed by atoms with Crippen molar-refractivity contribution >= 4 is 29.2 Å². The van der Waals surface area contributed by atoms with E-state index in [0.717, 1.165) is 0 Å². The molecular weight excluding hydrogens is 296 g/mol. The first kappa shape index (κ1) is 13.6. The SMILES string of the molecule is O=C(O)C1CC1C(=O)Nc1cc(Cl)ccc1-n1cncn1. The van der Waals surface area contributed by atoms with Crippen molar-refractivity contribution in [2.24, 2.45) is 11.8 Å². The summed E-state index contributed by atoms with van der Waals surface area (Å²) in [5, 5.41) is 16.0. The molecule has 2 unspecified atom stereocenters. The average Bonchev–Trinajstić information content (AvgIpc) is 3.08. The fourth-order valence-electron chi connectivity index (χ4n) is 2.12. The van der Waals surface area contributed by atoms with Crippen LogP contribution >= 0.6 is 11.6 Å². The summed E-state index contributed by atoms with van der Waals surface area (Å²) >= 11 is 5.95. The van der Waals surface area contributed by atoms with Gasteiger partial charge in [-0.05, 0) is 24.6 Å². The number of amides is 1. The van der Waals surface area contributed by atoms with Gasteiger partial charge in [-0.2, -0.15) is 5.10 Å². The van der Waals surface area contributed by atoms with Gasteiger partial charge in [-0.1, -0.05) is 11.6 Å². The predicted molar refractivity (Wildman–Crippen MR) is 74.2 cm³/mol. The third kappa shape index (κ3) is 2.73. The van der Waals surface area contributed by atoms with E-state index >= 15 is 0 Å². The Bertz CT molecular complexity index is 701. The number of halogens is 1. The largest absolute Gasteiger partial charge is 0.481 e. The predicted octanol–water partition coefficient (Wildman–Crippen LogP) is 1.58. The van der Waals surface area contributed by atoms with Crippen LogP contribution in [0.1, 0.15) is 6.42 Å². The zero-order chi connectivity index (χ0) is 15.0. The molecule has 1 aromatic carbocycles. The second-order valence-electron chi connectivity index (χ2n) is 4.78. The van der Waals surface area contributed by atoms with Crippen molar-refractivity contribution in [1.82, 2.24) is 14.8 Å². The van der Waals surface area contributed by atoms with Gasteiger partial charge >= 0.3 is 5.97 Å². The molecule has 2 N–H and O–H groups in total. The normalized spacial score (nSPS) is 20.0. The van der Waals surface area contributed by atoms with E-state index in [1.54, 1.807) is 18.2 Å². The first-order valence-corrected chi connectivity index (χ1v) is 6.62. The molecule has 1 heterocycles. The number of rotatable bonds is 4. The van der Waals surface area contributed by atoms with Gasteiger partial charge in [-0.3, -0.25) is 9.59 Å². The molecule has 0 aliphatic heterocycles. The fraction of sp³-hybridized carbons (Fsp3) is 0.231. The van der Waals surface area contributed by atoms with Crippen LogP contribution in [0.3, 0.4) is 0 Å². The maximum absolute atomic E-state index is 12.1. The van der Waals surface area contributed by atoms with E-state index in [-0.39, 0.29) is 5.91 Å². The van der Waals surface area contributed by atoms with Crippen LogP contribution in [-0.4, -0.2) is 31.7 Å². The second kappa shape index (κ2) is 5.17. The van der Waals surface area contributed by atoms with Crippen molar-refractivity contribution in [2.45, 2.75) is 6.42 Å². The Kier molecular flexibility index (Phi) is 3.34. The third-order valence-electron chi connectivity index (χ3n) is 3.33. The zero-order valence-electron chi connectivity index (χ0n) is 10.7. The van der Waals surface area contributed by atoms with E-state index in [0.29, 0.717) is 22.8 Å². The highest BCUT2D eigenvalue weighted by molar-refractivity contribution is 6.31. The van der Waals surface area contributed by atoms with Crippen molar-refractivity contribution in [3.8, 4) is 5.69 Å². The van der Waals surface area contributed by atoms with E-state index < -0.39 is 17.8 Å². The number of carboxylic acid groups (broad SMARTS) is 1. The lowest BCUT2D eigenvalue weighted by Crippen LogP contribution is -2.18.